The molecule has 5 nitrogen and oxygen atoms in total. The number of nitrogens with one attached hydrogen (secondary N) is 1. The Morgan fingerprint density at radius 2 is 1.96 bits per heavy atom. The third kappa shape index (κ3) is 4.88. The van der Waals surface area contributed by atoms with E-state index in [2.05, 4.69) is 10.2 Å². The highest BCUT2D eigenvalue weighted by molar-refractivity contribution is 7.98. The first-order valence-corrected chi connectivity index (χ1v) is 10.0. The quantitative estimate of drug-likeness (QED) is 0.848. The van der Waals surface area contributed by atoms with Gasteiger partial charge in [0.25, 0.3) is 0 Å². The third-order valence-corrected chi connectivity index (χ3v) is 5.38. The number of carbonyl (C=O) groups is 1. The smallest absolute Gasteiger partial charge is 0.321 e. The molecular formula is C18H27N3O2S. The normalized spacial score (nSPS) is 22.4. The molecule has 132 valence electrons. The van der Waals surface area contributed by atoms with Gasteiger partial charge in [0.15, 0.2) is 0 Å². The molecule has 0 saturated carbocycles. The van der Waals surface area contributed by atoms with Crippen LogP contribution in [0.4, 0.5) is 10.5 Å². The molecule has 2 aliphatic heterocycles. The number of benzene rings is 1. The number of hydrogen-bond donors (Lipinski definition) is 1. The second kappa shape index (κ2) is 8.74. The molecule has 2 aliphatic rings. The summed E-state index contributed by atoms with van der Waals surface area (Å²) in [7, 11) is 0. The molecule has 1 aromatic rings. The van der Waals surface area contributed by atoms with Gasteiger partial charge < -0.3 is 19.9 Å². The molecule has 1 N–H and O–H groups in total. The SMILES string of the molecule is CSc1ccc(NC(=O)N2CCCOC(CN3CCCC3)C2)cc1. The Kier molecular flexibility index (Phi) is 6.40. The molecule has 2 fully saturated rings. The van der Waals surface area contributed by atoms with Crippen molar-refractivity contribution in [1.29, 1.82) is 0 Å². The lowest BCUT2D eigenvalue weighted by molar-refractivity contribution is 0.0355. The number of carbonyl (C=O) groups excluding carboxylic acids is 1. The van der Waals surface area contributed by atoms with E-state index >= 15 is 0 Å². The van der Waals surface area contributed by atoms with E-state index in [4.69, 9.17) is 4.74 Å². The van der Waals surface area contributed by atoms with Gasteiger partial charge in [-0.3, -0.25) is 0 Å². The Labute approximate surface area is 148 Å². The van der Waals surface area contributed by atoms with E-state index in [0.717, 1.165) is 44.9 Å². The highest BCUT2D eigenvalue weighted by Gasteiger charge is 2.25. The van der Waals surface area contributed by atoms with Gasteiger partial charge in [-0.1, -0.05) is 0 Å². The Morgan fingerprint density at radius 3 is 2.67 bits per heavy atom. The number of nitrogens with zero attached hydrogens (tertiary/aromatic N) is 2. The Morgan fingerprint density at radius 1 is 1.21 bits per heavy atom. The summed E-state index contributed by atoms with van der Waals surface area (Å²) < 4.78 is 5.96. The van der Waals surface area contributed by atoms with Gasteiger partial charge in [0.1, 0.15) is 0 Å². The molecule has 3 rings (SSSR count). The fraction of sp³-hybridized carbons (Fsp3) is 0.611. The zero-order valence-corrected chi connectivity index (χ0v) is 15.2. The van der Waals surface area contributed by atoms with Crippen molar-refractivity contribution in [2.45, 2.75) is 30.3 Å². The van der Waals surface area contributed by atoms with E-state index in [1.807, 2.05) is 35.4 Å². The van der Waals surface area contributed by atoms with Crippen molar-refractivity contribution in [3.05, 3.63) is 24.3 Å². The average Bonchev–Trinajstić information content (AvgIpc) is 2.99. The summed E-state index contributed by atoms with van der Waals surface area (Å²) in [5.74, 6) is 0. The lowest BCUT2D eigenvalue weighted by Gasteiger charge is -2.27. The number of urea groups is 1. The summed E-state index contributed by atoms with van der Waals surface area (Å²) in [6, 6.07) is 7.95. The highest BCUT2D eigenvalue weighted by Crippen LogP contribution is 2.18. The van der Waals surface area contributed by atoms with Gasteiger partial charge in [0.05, 0.1) is 6.10 Å². The zero-order chi connectivity index (χ0) is 16.8. The molecule has 2 amide bonds. The van der Waals surface area contributed by atoms with E-state index in [9.17, 15) is 4.79 Å². The van der Waals surface area contributed by atoms with Gasteiger partial charge in [-0.25, -0.2) is 4.79 Å². The number of ether oxygens (including phenoxy) is 1. The molecular weight excluding hydrogens is 322 g/mol. The van der Waals surface area contributed by atoms with E-state index in [1.165, 1.54) is 17.7 Å². The molecule has 2 saturated heterocycles. The summed E-state index contributed by atoms with van der Waals surface area (Å²) in [5.41, 5.74) is 0.846. The van der Waals surface area contributed by atoms with Gasteiger partial charge in [-0.2, -0.15) is 0 Å². The molecule has 1 unspecified atom stereocenters. The minimum absolute atomic E-state index is 0.0242. The van der Waals surface area contributed by atoms with Crippen LogP contribution in [0.25, 0.3) is 0 Å². The maximum atomic E-state index is 12.6. The van der Waals surface area contributed by atoms with Crippen LogP contribution in [0.3, 0.4) is 0 Å². The Balaban J connectivity index is 1.55. The van der Waals surface area contributed by atoms with Crippen molar-refractivity contribution in [2.75, 3.05) is 50.9 Å². The van der Waals surface area contributed by atoms with E-state index < -0.39 is 0 Å². The molecule has 1 atom stereocenters. The van der Waals surface area contributed by atoms with Crippen LogP contribution >= 0.6 is 11.8 Å². The third-order valence-electron chi connectivity index (χ3n) is 4.64. The average molecular weight is 350 g/mol. The standard InChI is InChI=1S/C18H27N3O2S/c1-24-17-7-5-15(6-8-17)19-18(22)21-11-4-12-23-16(14-21)13-20-9-2-3-10-20/h5-8,16H,2-4,9-14H2,1H3,(H,19,22). The zero-order valence-electron chi connectivity index (χ0n) is 14.4. The van der Waals surface area contributed by atoms with Crippen LogP contribution in [-0.2, 0) is 4.74 Å². The summed E-state index contributed by atoms with van der Waals surface area (Å²) in [6.45, 7) is 5.43. The van der Waals surface area contributed by atoms with Crippen LogP contribution in [0.5, 0.6) is 0 Å². The van der Waals surface area contributed by atoms with Crippen molar-refractivity contribution in [1.82, 2.24) is 9.80 Å². The van der Waals surface area contributed by atoms with Crippen molar-refractivity contribution in [3.8, 4) is 0 Å². The molecule has 6 heteroatoms. The maximum absolute atomic E-state index is 12.6. The number of amides is 2. The van der Waals surface area contributed by atoms with Crippen molar-refractivity contribution < 1.29 is 9.53 Å². The van der Waals surface area contributed by atoms with Crippen LogP contribution < -0.4 is 5.32 Å². The number of anilines is 1. The minimum atomic E-state index is -0.0242. The molecule has 24 heavy (non-hydrogen) atoms. The first-order valence-electron chi connectivity index (χ1n) is 8.78. The largest absolute Gasteiger partial charge is 0.375 e. The number of hydrogen-bond acceptors (Lipinski definition) is 4. The van der Waals surface area contributed by atoms with Gasteiger partial charge >= 0.3 is 6.03 Å². The minimum Gasteiger partial charge on any atom is -0.375 e. The Bertz CT molecular complexity index is 532. The van der Waals surface area contributed by atoms with Crippen molar-refractivity contribution in [3.63, 3.8) is 0 Å². The van der Waals surface area contributed by atoms with Crippen LogP contribution in [0, 0.1) is 0 Å². The fourth-order valence-electron chi connectivity index (χ4n) is 3.32. The van der Waals surface area contributed by atoms with Crippen LogP contribution in [0.2, 0.25) is 0 Å². The molecule has 0 aromatic heterocycles. The van der Waals surface area contributed by atoms with E-state index in [1.54, 1.807) is 11.8 Å². The van der Waals surface area contributed by atoms with Gasteiger partial charge in [0, 0.05) is 36.8 Å². The predicted molar refractivity (Wildman–Crippen MR) is 98.8 cm³/mol. The summed E-state index contributed by atoms with van der Waals surface area (Å²) in [6.07, 6.45) is 5.63. The van der Waals surface area contributed by atoms with Crippen LogP contribution in [0.15, 0.2) is 29.2 Å². The monoisotopic (exact) mass is 349 g/mol. The second-order valence-corrected chi connectivity index (χ2v) is 7.34. The molecule has 0 spiro atoms. The Hall–Kier alpha value is -1.24. The van der Waals surface area contributed by atoms with Gasteiger partial charge in [-0.05, 0) is 62.9 Å². The fourth-order valence-corrected chi connectivity index (χ4v) is 3.73. The molecule has 1 aromatic carbocycles. The molecule has 2 heterocycles. The lowest BCUT2D eigenvalue weighted by atomic mass is 10.3. The highest BCUT2D eigenvalue weighted by atomic mass is 32.2. The van der Waals surface area contributed by atoms with Crippen LogP contribution in [-0.4, -0.2) is 67.5 Å². The molecule has 0 bridgehead atoms. The summed E-state index contributed by atoms with van der Waals surface area (Å²) in [4.78, 5) is 18.1. The van der Waals surface area contributed by atoms with Crippen LogP contribution in [0.1, 0.15) is 19.3 Å². The molecule has 0 radical (unpaired) electrons. The number of thioether (sulfide) groups is 1. The second-order valence-electron chi connectivity index (χ2n) is 6.46. The maximum Gasteiger partial charge on any atom is 0.321 e. The number of likely N-dealkylation sites (tertiary alicyclic amines) is 1. The van der Waals surface area contributed by atoms with Crippen molar-refractivity contribution >= 4 is 23.5 Å². The predicted octanol–water partition coefficient (Wildman–Crippen LogP) is 3.13. The van der Waals surface area contributed by atoms with E-state index in [0.29, 0.717) is 6.54 Å². The number of rotatable bonds is 4. The first kappa shape index (κ1) is 17.6. The van der Waals surface area contributed by atoms with E-state index in [-0.39, 0.29) is 12.1 Å². The molecule has 0 aliphatic carbocycles. The topological polar surface area (TPSA) is 44.8 Å². The summed E-state index contributed by atoms with van der Waals surface area (Å²) in [5, 5.41) is 3.01. The van der Waals surface area contributed by atoms with Gasteiger partial charge in [-0.15, -0.1) is 11.8 Å². The van der Waals surface area contributed by atoms with Gasteiger partial charge in [0.2, 0.25) is 0 Å². The van der Waals surface area contributed by atoms with Crippen molar-refractivity contribution in [2.24, 2.45) is 0 Å². The lowest BCUT2D eigenvalue weighted by Crippen LogP contribution is -2.43. The summed E-state index contributed by atoms with van der Waals surface area (Å²) >= 11 is 1.70. The first-order chi connectivity index (χ1) is 11.7.